The number of piperazine rings is 1. The second kappa shape index (κ2) is 7.49. The second-order valence-electron chi connectivity index (χ2n) is 8.00. The van der Waals surface area contributed by atoms with Crippen LogP contribution in [0.3, 0.4) is 0 Å². The molecule has 1 aliphatic heterocycles. The van der Waals surface area contributed by atoms with Crippen molar-refractivity contribution in [2.24, 2.45) is 5.41 Å². The van der Waals surface area contributed by atoms with E-state index in [1.807, 2.05) is 0 Å². The molecular formula is C16H36N2. The van der Waals surface area contributed by atoms with Crippen molar-refractivity contribution >= 4 is 0 Å². The van der Waals surface area contributed by atoms with E-state index in [0.717, 1.165) is 0 Å². The molecule has 1 fully saturated rings. The molecule has 0 saturated carbocycles. The Kier molecular flexibility index (Phi) is 7.46. The minimum Gasteiger partial charge on any atom is -0.301 e. The molecule has 110 valence electrons. The van der Waals surface area contributed by atoms with Gasteiger partial charge in [-0.05, 0) is 39.2 Å². The Morgan fingerprint density at radius 2 is 1.17 bits per heavy atom. The molecule has 1 saturated heterocycles. The summed E-state index contributed by atoms with van der Waals surface area (Å²) in [5.41, 5.74) is 0.859. The summed E-state index contributed by atoms with van der Waals surface area (Å²) in [6.07, 6.45) is 1.29. The molecule has 0 atom stereocenters. The molecule has 0 N–H and O–H groups in total. The average Bonchev–Trinajstić information content (AvgIpc) is 2.15. The predicted molar refractivity (Wildman–Crippen MR) is 83.2 cm³/mol. The zero-order valence-corrected chi connectivity index (χ0v) is 14.1. The molecule has 0 aromatic carbocycles. The summed E-state index contributed by atoms with van der Waals surface area (Å²) in [5.74, 6) is 0. The molecule has 1 aliphatic rings. The summed E-state index contributed by atoms with van der Waals surface area (Å²) in [7, 11) is 0. The number of hydrogen-bond donors (Lipinski definition) is 0. The van der Waals surface area contributed by atoms with Crippen molar-refractivity contribution in [2.45, 2.75) is 67.3 Å². The average molecular weight is 256 g/mol. The van der Waals surface area contributed by atoms with Crippen molar-refractivity contribution in [2.75, 3.05) is 32.7 Å². The van der Waals surface area contributed by atoms with Gasteiger partial charge in [0.1, 0.15) is 0 Å². The SMILES string of the molecule is CC(C)(C)C.CCCN1CCN(C(C)(C)C)CC1. The Morgan fingerprint density at radius 1 is 0.778 bits per heavy atom. The smallest absolute Gasteiger partial charge is 0.0126 e. The first-order valence-electron chi connectivity index (χ1n) is 7.51. The zero-order chi connectivity index (χ0) is 14.4. The van der Waals surface area contributed by atoms with Crippen LogP contribution in [0.4, 0.5) is 0 Å². The van der Waals surface area contributed by atoms with Gasteiger partial charge in [0.15, 0.2) is 0 Å². The fourth-order valence-electron chi connectivity index (χ4n) is 1.96. The van der Waals surface area contributed by atoms with Crippen LogP contribution in [0.25, 0.3) is 0 Å². The van der Waals surface area contributed by atoms with Gasteiger partial charge >= 0.3 is 0 Å². The molecule has 18 heavy (non-hydrogen) atoms. The lowest BCUT2D eigenvalue weighted by Crippen LogP contribution is -2.53. The van der Waals surface area contributed by atoms with Gasteiger partial charge < -0.3 is 4.90 Å². The summed E-state index contributed by atoms with van der Waals surface area (Å²) < 4.78 is 0. The largest absolute Gasteiger partial charge is 0.301 e. The fraction of sp³-hybridized carbons (Fsp3) is 1.00. The highest BCUT2D eigenvalue weighted by atomic mass is 15.3. The maximum atomic E-state index is 2.58. The van der Waals surface area contributed by atoms with Crippen LogP contribution in [0.2, 0.25) is 0 Å². The molecule has 1 heterocycles. The minimum atomic E-state index is 0.359. The summed E-state index contributed by atoms with van der Waals surface area (Å²) in [6.45, 7) is 24.2. The molecule has 2 nitrogen and oxygen atoms in total. The van der Waals surface area contributed by atoms with Gasteiger partial charge in [-0.1, -0.05) is 34.6 Å². The predicted octanol–water partition coefficient (Wildman–Crippen LogP) is 3.86. The first-order valence-corrected chi connectivity index (χ1v) is 7.51. The highest BCUT2D eigenvalue weighted by Crippen LogP contribution is 2.15. The molecule has 0 radical (unpaired) electrons. The van der Waals surface area contributed by atoms with Gasteiger partial charge in [0.2, 0.25) is 0 Å². The van der Waals surface area contributed by atoms with E-state index in [0.29, 0.717) is 11.0 Å². The van der Waals surface area contributed by atoms with E-state index in [-0.39, 0.29) is 0 Å². The van der Waals surface area contributed by atoms with Crippen molar-refractivity contribution < 1.29 is 0 Å². The lowest BCUT2D eigenvalue weighted by molar-refractivity contribution is 0.0624. The Balaban J connectivity index is 0.000000494. The first kappa shape index (κ1) is 17.9. The summed E-state index contributed by atoms with van der Waals surface area (Å²) in [4.78, 5) is 5.15. The fourth-order valence-corrected chi connectivity index (χ4v) is 1.96. The van der Waals surface area contributed by atoms with Crippen LogP contribution < -0.4 is 0 Å². The van der Waals surface area contributed by atoms with E-state index in [9.17, 15) is 0 Å². The normalized spacial score (nSPS) is 19.3. The maximum Gasteiger partial charge on any atom is 0.0126 e. The Bertz CT molecular complexity index is 196. The number of rotatable bonds is 2. The van der Waals surface area contributed by atoms with Crippen LogP contribution in [0.5, 0.6) is 0 Å². The third-order valence-electron chi connectivity index (χ3n) is 2.86. The van der Waals surface area contributed by atoms with Crippen LogP contribution in [0.1, 0.15) is 61.8 Å². The van der Waals surface area contributed by atoms with Gasteiger partial charge in [-0.3, -0.25) is 4.90 Å². The summed E-state index contributed by atoms with van der Waals surface area (Å²) in [6, 6.07) is 0. The van der Waals surface area contributed by atoms with Gasteiger partial charge in [-0.2, -0.15) is 0 Å². The van der Waals surface area contributed by atoms with Crippen molar-refractivity contribution in [3.8, 4) is 0 Å². The molecule has 1 rings (SSSR count). The van der Waals surface area contributed by atoms with Crippen molar-refractivity contribution in [3.05, 3.63) is 0 Å². The zero-order valence-electron chi connectivity index (χ0n) is 14.1. The maximum absolute atomic E-state index is 2.58. The van der Waals surface area contributed by atoms with E-state index < -0.39 is 0 Å². The van der Waals surface area contributed by atoms with E-state index >= 15 is 0 Å². The molecule has 0 spiro atoms. The van der Waals surface area contributed by atoms with Gasteiger partial charge in [-0.15, -0.1) is 0 Å². The van der Waals surface area contributed by atoms with Gasteiger partial charge in [0, 0.05) is 31.7 Å². The van der Waals surface area contributed by atoms with Crippen molar-refractivity contribution in [3.63, 3.8) is 0 Å². The highest BCUT2D eigenvalue weighted by Gasteiger charge is 2.24. The molecule has 2 heteroatoms. The van der Waals surface area contributed by atoms with Gasteiger partial charge in [-0.25, -0.2) is 0 Å². The molecule has 0 aliphatic carbocycles. The van der Waals surface area contributed by atoms with Crippen molar-refractivity contribution in [1.29, 1.82) is 0 Å². The van der Waals surface area contributed by atoms with E-state index in [4.69, 9.17) is 0 Å². The van der Waals surface area contributed by atoms with Crippen LogP contribution in [0.15, 0.2) is 0 Å². The van der Waals surface area contributed by atoms with E-state index in [2.05, 4.69) is 65.2 Å². The third-order valence-corrected chi connectivity index (χ3v) is 2.86. The molecule has 0 bridgehead atoms. The lowest BCUT2D eigenvalue weighted by atomic mass is 10.0. The summed E-state index contributed by atoms with van der Waals surface area (Å²) >= 11 is 0. The van der Waals surface area contributed by atoms with Crippen LogP contribution in [-0.2, 0) is 0 Å². The van der Waals surface area contributed by atoms with Crippen LogP contribution >= 0.6 is 0 Å². The van der Waals surface area contributed by atoms with E-state index in [1.54, 1.807) is 0 Å². The second-order valence-corrected chi connectivity index (χ2v) is 8.00. The van der Waals surface area contributed by atoms with Crippen molar-refractivity contribution in [1.82, 2.24) is 9.80 Å². The molecular weight excluding hydrogens is 220 g/mol. The van der Waals surface area contributed by atoms with Crippen LogP contribution in [0, 0.1) is 5.41 Å². The van der Waals surface area contributed by atoms with Gasteiger partial charge in [0.25, 0.3) is 0 Å². The summed E-state index contributed by atoms with van der Waals surface area (Å²) in [5, 5.41) is 0. The Labute approximate surface area is 116 Å². The topological polar surface area (TPSA) is 6.48 Å². The quantitative estimate of drug-likeness (QED) is 0.740. The van der Waals surface area contributed by atoms with E-state index in [1.165, 1.54) is 39.1 Å². The Morgan fingerprint density at radius 3 is 1.44 bits per heavy atom. The number of nitrogens with zero attached hydrogens (tertiary/aromatic N) is 2. The molecule has 0 unspecified atom stereocenters. The number of hydrogen-bond acceptors (Lipinski definition) is 2. The lowest BCUT2D eigenvalue weighted by Gasteiger charge is -2.42. The van der Waals surface area contributed by atoms with Crippen LogP contribution in [-0.4, -0.2) is 48.1 Å². The molecule has 0 aromatic rings. The first-order chi connectivity index (χ1) is 8.04. The minimum absolute atomic E-state index is 0.359. The standard InChI is InChI=1S/C11H24N2.C5H12/c1-5-6-12-7-9-13(10-8-12)11(2,3)4;1-5(2,3)4/h5-10H2,1-4H3;1-4H3. The Hall–Kier alpha value is -0.0800. The monoisotopic (exact) mass is 256 g/mol. The third kappa shape index (κ3) is 9.90. The highest BCUT2D eigenvalue weighted by molar-refractivity contribution is 4.81. The molecule has 0 amide bonds. The molecule has 0 aromatic heterocycles. The van der Waals surface area contributed by atoms with Gasteiger partial charge in [0.05, 0.1) is 0 Å².